The monoisotopic (exact) mass is 365 g/mol. The lowest BCUT2D eigenvalue weighted by Gasteiger charge is -2.07. The minimum absolute atomic E-state index is 0.109. The van der Waals surface area contributed by atoms with E-state index in [0.29, 0.717) is 15.7 Å². The van der Waals surface area contributed by atoms with Gasteiger partial charge in [0.15, 0.2) is 0 Å². The van der Waals surface area contributed by atoms with Crippen LogP contribution in [0, 0.1) is 0 Å². The minimum Gasteiger partial charge on any atom is -0.478 e. The van der Waals surface area contributed by atoms with Gasteiger partial charge in [0.25, 0.3) is 5.91 Å². The molecule has 2 N–H and O–H groups in total. The summed E-state index contributed by atoms with van der Waals surface area (Å²) >= 11 is 4.83. The van der Waals surface area contributed by atoms with Crippen LogP contribution >= 0.6 is 27.7 Å². The number of amides is 1. The Hall–Kier alpha value is -1.79. The molecule has 0 saturated heterocycles. The number of halogens is 1. The lowest BCUT2D eigenvalue weighted by molar-refractivity contribution is 0.0696. The van der Waals surface area contributed by atoms with E-state index in [1.807, 2.05) is 18.4 Å². The predicted octanol–water partition coefficient (Wildman–Crippen LogP) is 4.12. The number of carbonyl (C=O) groups is 2. The average Bonchev–Trinajstić information content (AvgIpc) is 2.46. The zero-order chi connectivity index (χ0) is 15.4. The normalized spacial score (nSPS) is 10.2. The van der Waals surface area contributed by atoms with E-state index in [0.717, 1.165) is 4.90 Å². The first kappa shape index (κ1) is 15.6. The van der Waals surface area contributed by atoms with Gasteiger partial charge in [0, 0.05) is 20.6 Å². The topological polar surface area (TPSA) is 66.4 Å². The summed E-state index contributed by atoms with van der Waals surface area (Å²) in [6.07, 6.45) is 1.96. The van der Waals surface area contributed by atoms with Crippen LogP contribution in [0.4, 0.5) is 5.69 Å². The maximum absolute atomic E-state index is 12.1. The number of hydrogen-bond donors (Lipinski definition) is 2. The SMILES string of the molecule is CSc1ccc(C(=O)Nc2cc(Br)cc(C(=O)O)c2)cc1. The molecule has 0 bridgehead atoms. The van der Waals surface area contributed by atoms with Crippen LogP contribution in [0.15, 0.2) is 51.8 Å². The third-order valence-electron chi connectivity index (χ3n) is 2.75. The molecule has 108 valence electrons. The van der Waals surface area contributed by atoms with Crippen molar-refractivity contribution >= 4 is 45.3 Å². The van der Waals surface area contributed by atoms with Crippen molar-refractivity contribution in [1.82, 2.24) is 0 Å². The van der Waals surface area contributed by atoms with Crippen molar-refractivity contribution in [3.05, 3.63) is 58.1 Å². The largest absolute Gasteiger partial charge is 0.478 e. The summed E-state index contributed by atoms with van der Waals surface area (Å²) in [6.45, 7) is 0. The zero-order valence-corrected chi connectivity index (χ0v) is 13.5. The number of carbonyl (C=O) groups excluding carboxylic acids is 1. The Bertz CT molecular complexity index is 686. The quantitative estimate of drug-likeness (QED) is 0.799. The molecule has 0 aromatic heterocycles. The fourth-order valence-corrected chi connectivity index (χ4v) is 2.63. The summed E-state index contributed by atoms with van der Waals surface area (Å²) < 4.78 is 0.593. The number of hydrogen-bond acceptors (Lipinski definition) is 3. The van der Waals surface area contributed by atoms with Crippen molar-refractivity contribution < 1.29 is 14.7 Å². The molecule has 0 fully saturated rings. The van der Waals surface area contributed by atoms with Gasteiger partial charge >= 0.3 is 5.97 Å². The molecule has 0 unspecified atom stereocenters. The third kappa shape index (κ3) is 4.09. The summed E-state index contributed by atoms with van der Waals surface area (Å²) in [5, 5.41) is 11.7. The highest BCUT2D eigenvalue weighted by Crippen LogP contribution is 2.21. The number of aromatic carboxylic acids is 1. The van der Waals surface area contributed by atoms with Crippen LogP contribution in [0.3, 0.4) is 0 Å². The van der Waals surface area contributed by atoms with Crippen LogP contribution in [-0.2, 0) is 0 Å². The van der Waals surface area contributed by atoms with Crippen molar-refractivity contribution in [1.29, 1.82) is 0 Å². The average molecular weight is 366 g/mol. The Morgan fingerprint density at radius 3 is 2.33 bits per heavy atom. The molecular formula is C15H12BrNO3S. The maximum Gasteiger partial charge on any atom is 0.335 e. The summed E-state index contributed by atoms with van der Waals surface area (Å²) in [5.41, 5.74) is 1.06. The van der Waals surface area contributed by atoms with E-state index in [1.165, 1.54) is 12.1 Å². The third-order valence-corrected chi connectivity index (χ3v) is 3.96. The molecule has 0 aliphatic heterocycles. The molecule has 0 aliphatic carbocycles. The van der Waals surface area contributed by atoms with Gasteiger partial charge < -0.3 is 10.4 Å². The molecule has 6 heteroatoms. The first-order valence-electron chi connectivity index (χ1n) is 5.99. The van der Waals surface area contributed by atoms with Gasteiger partial charge in [-0.3, -0.25) is 4.79 Å². The Morgan fingerprint density at radius 2 is 1.76 bits per heavy atom. The van der Waals surface area contributed by atoms with E-state index >= 15 is 0 Å². The van der Waals surface area contributed by atoms with E-state index in [9.17, 15) is 9.59 Å². The smallest absolute Gasteiger partial charge is 0.335 e. The fourth-order valence-electron chi connectivity index (χ4n) is 1.73. The first-order chi connectivity index (χ1) is 9.99. The standard InChI is InChI=1S/C15H12BrNO3S/c1-21-13-4-2-9(3-5-13)14(18)17-12-7-10(15(19)20)6-11(16)8-12/h2-8H,1H3,(H,17,18)(H,19,20). The predicted molar refractivity (Wildman–Crippen MR) is 87.3 cm³/mol. The number of nitrogens with one attached hydrogen (secondary N) is 1. The van der Waals surface area contributed by atoms with Crippen LogP contribution in [0.5, 0.6) is 0 Å². The molecule has 0 radical (unpaired) electrons. The molecular weight excluding hydrogens is 354 g/mol. The number of rotatable bonds is 4. The molecule has 4 nitrogen and oxygen atoms in total. The highest BCUT2D eigenvalue weighted by molar-refractivity contribution is 9.10. The Balaban J connectivity index is 2.20. The summed E-state index contributed by atoms with van der Waals surface area (Å²) in [7, 11) is 0. The van der Waals surface area contributed by atoms with Crippen LogP contribution in [-0.4, -0.2) is 23.2 Å². The molecule has 0 spiro atoms. The van der Waals surface area contributed by atoms with E-state index in [4.69, 9.17) is 5.11 Å². The Morgan fingerprint density at radius 1 is 1.10 bits per heavy atom. The number of benzene rings is 2. The molecule has 2 aromatic rings. The summed E-state index contributed by atoms with van der Waals surface area (Å²) in [6, 6.07) is 11.7. The summed E-state index contributed by atoms with van der Waals surface area (Å²) in [4.78, 5) is 24.2. The van der Waals surface area contributed by atoms with Gasteiger partial charge in [-0.1, -0.05) is 15.9 Å². The summed E-state index contributed by atoms with van der Waals surface area (Å²) in [5.74, 6) is -1.33. The molecule has 2 rings (SSSR count). The second-order valence-electron chi connectivity index (χ2n) is 4.22. The number of carboxylic acids is 1. The van der Waals surface area contributed by atoms with E-state index in [2.05, 4.69) is 21.2 Å². The molecule has 21 heavy (non-hydrogen) atoms. The van der Waals surface area contributed by atoms with Crippen LogP contribution in [0.2, 0.25) is 0 Å². The van der Waals surface area contributed by atoms with Crippen LogP contribution in [0.1, 0.15) is 20.7 Å². The van der Waals surface area contributed by atoms with Gasteiger partial charge in [0.05, 0.1) is 5.56 Å². The second kappa shape index (κ2) is 6.78. The van der Waals surface area contributed by atoms with Crippen molar-refractivity contribution in [3.8, 4) is 0 Å². The molecule has 0 heterocycles. The molecule has 0 aliphatic rings. The van der Waals surface area contributed by atoms with Gasteiger partial charge in [0.1, 0.15) is 0 Å². The number of anilines is 1. The van der Waals surface area contributed by atoms with E-state index in [1.54, 1.807) is 30.0 Å². The van der Waals surface area contributed by atoms with E-state index in [-0.39, 0.29) is 11.5 Å². The molecule has 2 aromatic carbocycles. The van der Waals surface area contributed by atoms with Crippen molar-refractivity contribution in [2.75, 3.05) is 11.6 Å². The lowest BCUT2D eigenvalue weighted by Crippen LogP contribution is -2.12. The van der Waals surface area contributed by atoms with Gasteiger partial charge in [-0.15, -0.1) is 11.8 Å². The minimum atomic E-state index is -1.05. The maximum atomic E-state index is 12.1. The van der Waals surface area contributed by atoms with Crippen molar-refractivity contribution in [3.63, 3.8) is 0 Å². The highest BCUT2D eigenvalue weighted by atomic mass is 79.9. The number of carboxylic acid groups (broad SMARTS) is 1. The van der Waals surface area contributed by atoms with Crippen molar-refractivity contribution in [2.24, 2.45) is 0 Å². The van der Waals surface area contributed by atoms with Gasteiger partial charge in [0.2, 0.25) is 0 Å². The number of thioether (sulfide) groups is 1. The Kier molecular flexibility index (Phi) is 5.03. The highest BCUT2D eigenvalue weighted by Gasteiger charge is 2.10. The van der Waals surface area contributed by atoms with Crippen LogP contribution in [0.25, 0.3) is 0 Å². The van der Waals surface area contributed by atoms with Crippen molar-refractivity contribution in [2.45, 2.75) is 4.90 Å². The molecule has 1 amide bonds. The van der Waals surface area contributed by atoms with E-state index < -0.39 is 5.97 Å². The molecule has 0 saturated carbocycles. The van der Waals surface area contributed by atoms with Gasteiger partial charge in [-0.2, -0.15) is 0 Å². The first-order valence-corrected chi connectivity index (χ1v) is 8.00. The fraction of sp³-hybridized carbons (Fsp3) is 0.0667. The molecule has 0 atom stereocenters. The van der Waals surface area contributed by atoms with Gasteiger partial charge in [-0.05, 0) is 48.7 Å². The zero-order valence-electron chi connectivity index (χ0n) is 11.1. The van der Waals surface area contributed by atoms with Gasteiger partial charge in [-0.25, -0.2) is 4.79 Å². The Labute approximate surface area is 134 Å². The lowest BCUT2D eigenvalue weighted by atomic mass is 10.1. The second-order valence-corrected chi connectivity index (χ2v) is 6.01. The van der Waals surface area contributed by atoms with Crippen LogP contribution < -0.4 is 5.32 Å².